The Bertz CT molecular complexity index is 563. The molecule has 0 aliphatic rings. The molecule has 1 aromatic heterocycles. The number of sulfonamides is 1. The van der Waals surface area contributed by atoms with Crippen molar-refractivity contribution in [3.63, 3.8) is 0 Å². The van der Waals surface area contributed by atoms with Crippen LogP contribution in [0, 0.1) is 0 Å². The molecule has 2 N–H and O–H groups in total. The molecule has 0 bridgehead atoms. The Morgan fingerprint density at radius 3 is 2.61 bits per heavy atom. The van der Waals surface area contributed by atoms with Crippen LogP contribution in [0.15, 0.2) is 16.3 Å². The van der Waals surface area contributed by atoms with Crippen molar-refractivity contribution in [2.24, 2.45) is 0 Å². The van der Waals surface area contributed by atoms with Crippen LogP contribution in [0.25, 0.3) is 0 Å². The molecule has 1 amide bonds. The van der Waals surface area contributed by atoms with Gasteiger partial charge in [0.1, 0.15) is 6.54 Å². The summed E-state index contributed by atoms with van der Waals surface area (Å²) in [7, 11) is -0.982. The average Bonchev–Trinajstić information content (AvgIpc) is 2.76. The van der Waals surface area contributed by atoms with E-state index >= 15 is 0 Å². The highest BCUT2D eigenvalue weighted by Crippen LogP contribution is 2.20. The topological polar surface area (TPSA) is 104 Å². The van der Waals surface area contributed by atoms with Crippen LogP contribution in [0.5, 0.6) is 0 Å². The van der Waals surface area contributed by atoms with Gasteiger partial charge in [0.05, 0.1) is 9.77 Å². The van der Waals surface area contributed by atoms with E-state index in [-0.39, 0.29) is 9.77 Å². The highest BCUT2D eigenvalue weighted by Gasteiger charge is 2.20. The summed E-state index contributed by atoms with van der Waals surface area (Å²) in [5, 5.41) is 9.88. The van der Waals surface area contributed by atoms with Crippen LogP contribution >= 0.6 is 11.3 Å². The van der Waals surface area contributed by atoms with Gasteiger partial charge < -0.3 is 10.0 Å². The zero-order valence-electron chi connectivity index (χ0n) is 9.71. The number of amides is 1. The summed E-state index contributed by atoms with van der Waals surface area (Å²) >= 11 is 0.952. The fourth-order valence-electron chi connectivity index (χ4n) is 1.15. The van der Waals surface area contributed by atoms with Crippen molar-refractivity contribution in [1.82, 2.24) is 9.62 Å². The SMILES string of the molecule is CNS(=O)(=O)c1csc(C(=O)N(C)CC(=O)O)c1. The Hall–Kier alpha value is -1.45. The minimum Gasteiger partial charge on any atom is -0.480 e. The quantitative estimate of drug-likeness (QED) is 0.783. The molecule has 100 valence electrons. The van der Waals surface area contributed by atoms with Crippen molar-refractivity contribution in [1.29, 1.82) is 0 Å². The minimum atomic E-state index is -3.59. The number of thiophene rings is 1. The summed E-state index contributed by atoms with van der Waals surface area (Å²) in [6, 6.07) is 1.22. The normalized spacial score (nSPS) is 11.2. The predicted molar refractivity (Wildman–Crippen MR) is 65.2 cm³/mol. The van der Waals surface area contributed by atoms with Crippen molar-refractivity contribution in [3.8, 4) is 0 Å². The largest absolute Gasteiger partial charge is 0.480 e. The lowest BCUT2D eigenvalue weighted by Gasteiger charge is -2.12. The second-order valence-electron chi connectivity index (χ2n) is 3.41. The lowest BCUT2D eigenvalue weighted by Crippen LogP contribution is -2.31. The van der Waals surface area contributed by atoms with E-state index in [0.717, 1.165) is 16.2 Å². The molecule has 0 unspecified atom stereocenters. The number of carboxylic acid groups (broad SMARTS) is 1. The van der Waals surface area contributed by atoms with Crippen LogP contribution in [0.1, 0.15) is 9.67 Å². The molecule has 1 aromatic rings. The summed E-state index contributed by atoms with van der Waals surface area (Å²) in [6.45, 7) is -0.440. The number of carbonyl (C=O) groups is 2. The Labute approximate surface area is 108 Å². The molecule has 18 heavy (non-hydrogen) atoms. The number of likely N-dealkylation sites (N-methyl/N-ethyl adjacent to an activating group) is 1. The standard InChI is InChI=1S/C9H12N2O5S2/c1-10-18(15,16)6-3-7(17-5-6)9(14)11(2)4-8(12)13/h3,5,10H,4H2,1-2H3,(H,12,13). The number of rotatable bonds is 5. The zero-order valence-corrected chi connectivity index (χ0v) is 11.3. The summed E-state index contributed by atoms with van der Waals surface area (Å²) in [4.78, 5) is 23.4. The second-order valence-corrected chi connectivity index (χ2v) is 6.21. The van der Waals surface area contributed by atoms with Crippen LogP contribution < -0.4 is 4.72 Å². The number of hydrogen-bond acceptors (Lipinski definition) is 5. The van der Waals surface area contributed by atoms with Crippen molar-refractivity contribution in [2.75, 3.05) is 20.6 Å². The maximum absolute atomic E-state index is 11.8. The van der Waals surface area contributed by atoms with Gasteiger partial charge in [0.2, 0.25) is 10.0 Å². The van der Waals surface area contributed by atoms with E-state index in [1.54, 1.807) is 0 Å². The van der Waals surface area contributed by atoms with Crippen molar-refractivity contribution in [2.45, 2.75) is 4.90 Å². The maximum atomic E-state index is 11.8. The van der Waals surface area contributed by atoms with E-state index in [9.17, 15) is 18.0 Å². The molecule has 0 saturated heterocycles. The predicted octanol–water partition coefficient (Wildman–Crippen LogP) is -0.187. The average molecular weight is 292 g/mol. The van der Waals surface area contributed by atoms with Crippen LogP contribution in [-0.2, 0) is 14.8 Å². The number of aliphatic carboxylic acids is 1. The van der Waals surface area contributed by atoms with Crippen LogP contribution in [0.3, 0.4) is 0 Å². The summed E-state index contributed by atoms with van der Waals surface area (Å²) in [5.74, 6) is -1.66. The number of nitrogens with one attached hydrogen (secondary N) is 1. The fourth-order valence-corrected chi connectivity index (χ4v) is 3.15. The third kappa shape index (κ3) is 3.28. The van der Waals surface area contributed by atoms with Crippen LogP contribution in [0.4, 0.5) is 0 Å². The minimum absolute atomic E-state index is 0.0120. The molecule has 0 aliphatic carbocycles. The lowest BCUT2D eigenvalue weighted by molar-refractivity contribution is -0.137. The Balaban J connectivity index is 2.93. The monoisotopic (exact) mass is 292 g/mol. The van der Waals surface area contributed by atoms with E-state index in [1.807, 2.05) is 0 Å². The Kier molecular flexibility index (Phi) is 4.43. The molecule has 0 atom stereocenters. The molecule has 0 spiro atoms. The number of hydrogen-bond donors (Lipinski definition) is 2. The molecule has 0 radical (unpaired) electrons. The van der Waals surface area contributed by atoms with Gasteiger partial charge in [-0.15, -0.1) is 11.3 Å². The van der Waals surface area contributed by atoms with Gasteiger partial charge in [-0.3, -0.25) is 9.59 Å². The van der Waals surface area contributed by atoms with E-state index in [4.69, 9.17) is 5.11 Å². The molecule has 1 heterocycles. The van der Waals surface area contributed by atoms with Gasteiger partial charge >= 0.3 is 5.97 Å². The summed E-state index contributed by atoms with van der Waals surface area (Å²) in [6.07, 6.45) is 0. The van der Waals surface area contributed by atoms with Gasteiger partial charge in [-0.1, -0.05) is 0 Å². The smallest absolute Gasteiger partial charge is 0.323 e. The first kappa shape index (κ1) is 14.6. The van der Waals surface area contributed by atoms with Gasteiger partial charge in [-0.05, 0) is 13.1 Å². The third-order valence-corrected chi connectivity index (χ3v) is 4.55. The highest BCUT2D eigenvalue weighted by atomic mass is 32.2. The molecule has 9 heteroatoms. The van der Waals surface area contributed by atoms with Gasteiger partial charge in [0.25, 0.3) is 5.91 Å². The molecule has 0 saturated carbocycles. The number of carboxylic acids is 1. The summed E-state index contributed by atoms with van der Waals surface area (Å²) in [5.41, 5.74) is 0. The lowest BCUT2D eigenvalue weighted by atomic mass is 10.4. The third-order valence-electron chi connectivity index (χ3n) is 2.08. The Morgan fingerprint density at radius 1 is 1.50 bits per heavy atom. The first-order chi connectivity index (χ1) is 8.27. The van der Waals surface area contributed by atoms with E-state index in [1.165, 1.54) is 25.5 Å². The van der Waals surface area contributed by atoms with Gasteiger partial charge in [0.15, 0.2) is 0 Å². The molecule has 0 aliphatic heterocycles. The fraction of sp³-hybridized carbons (Fsp3) is 0.333. The molecular weight excluding hydrogens is 280 g/mol. The second kappa shape index (κ2) is 5.46. The Morgan fingerprint density at radius 2 is 2.11 bits per heavy atom. The van der Waals surface area contributed by atoms with Crippen molar-refractivity contribution < 1.29 is 23.1 Å². The highest BCUT2D eigenvalue weighted by molar-refractivity contribution is 7.89. The zero-order chi connectivity index (χ0) is 13.9. The molecule has 1 rings (SSSR count). The van der Waals surface area contributed by atoms with Gasteiger partial charge in [-0.25, -0.2) is 13.1 Å². The van der Waals surface area contributed by atoms with Crippen LogP contribution in [-0.4, -0.2) is 50.9 Å². The van der Waals surface area contributed by atoms with Crippen molar-refractivity contribution in [3.05, 3.63) is 16.3 Å². The van der Waals surface area contributed by atoms with Gasteiger partial charge in [-0.2, -0.15) is 0 Å². The van der Waals surface area contributed by atoms with E-state index in [0.29, 0.717) is 0 Å². The first-order valence-electron chi connectivity index (χ1n) is 4.77. The van der Waals surface area contributed by atoms with Crippen LogP contribution in [0.2, 0.25) is 0 Å². The van der Waals surface area contributed by atoms with E-state index < -0.39 is 28.4 Å². The number of nitrogens with zero attached hydrogens (tertiary/aromatic N) is 1. The van der Waals surface area contributed by atoms with Crippen molar-refractivity contribution >= 4 is 33.2 Å². The van der Waals surface area contributed by atoms with Gasteiger partial charge in [0, 0.05) is 12.4 Å². The van der Waals surface area contributed by atoms with E-state index in [2.05, 4.69) is 4.72 Å². The number of carbonyl (C=O) groups excluding carboxylic acids is 1. The maximum Gasteiger partial charge on any atom is 0.323 e. The molecule has 0 aromatic carbocycles. The molecule has 7 nitrogen and oxygen atoms in total. The molecular formula is C9H12N2O5S2. The summed E-state index contributed by atoms with van der Waals surface area (Å²) < 4.78 is 25.1. The first-order valence-corrected chi connectivity index (χ1v) is 7.13. The molecule has 0 fully saturated rings.